The lowest BCUT2D eigenvalue weighted by molar-refractivity contribution is -0.274. The predicted octanol–water partition coefficient (Wildman–Crippen LogP) is 6.86. The van der Waals surface area contributed by atoms with E-state index in [2.05, 4.69) is 54.1 Å². The summed E-state index contributed by atoms with van der Waals surface area (Å²) >= 11 is 1.72. The summed E-state index contributed by atoms with van der Waals surface area (Å²) in [5.41, 5.74) is 10.7. The van der Waals surface area contributed by atoms with Crippen molar-refractivity contribution in [2.24, 2.45) is 25.9 Å². The minimum atomic E-state index is -4.74. The molecular weight excluding hydrogens is 537 g/mol. The quantitative estimate of drug-likeness (QED) is 0.184. The smallest absolute Gasteiger partial charge is 0.406 e. The Morgan fingerprint density at radius 1 is 1.00 bits per heavy atom. The Morgan fingerprint density at radius 2 is 1.75 bits per heavy atom. The summed E-state index contributed by atoms with van der Waals surface area (Å²) in [6.45, 7) is 0.930. The maximum absolute atomic E-state index is 12.3. The first-order chi connectivity index (χ1) is 19.4. The van der Waals surface area contributed by atoms with E-state index >= 15 is 0 Å². The summed E-state index contributed by atoms with van der Waals surface area (Å²) in [6.07, 6.45) is 1.81. The van der Waals surface area contributed by atoms with E-state index in [1.807, 2.05) is 24.3 Å². The van der Waals surface area contributed by atoms with E-state index in [0.717, 1.165) is 29.4 Å². The summed E-state index contributed by atoms with van der Waals surface area (Å²) in [6, 6.07) is 21.1. The van der Waals surface area contributed by atoms with Crippen LogP contribution in [0.4, 0.5) is 24.5 Å². The number of aliphatic imine (C=N–C) groups is 2. The highest BCUT2D eigenvalue weighted by molar-refractivity contribution is 8.14. The number of amidine groups is 2. The number of ether oxygens (including phenoxy) is 1. The van der Waals surface area contributed by atoms with Gasteiger partial charge in [-0.2, -0.15) is 5.10 Å². The molecule has 1 aliphatic heterocycles. The van der Waals surface area contributed by atoms with Crippen molar-refractivity contribution in [3.05, 3.63) is 89.5 Å². The first kappa shape index (κ1) is 27.4. The molecule has 11 heteroatoms. The van der Waals surface area contributed by atoms with Gasteiger partial charge in [-0.05, 0) is 66.6 Å². The van der Waals surface area contributed by atoms with Gasteiger partial charge in [0.2, 0.25) is 0 Å². The molecule has 0 amide bonds. The van der Waals surface area contributed by atoms with Crippen LogP contribution in [0.25, 0.3) is 0 Å². The Morgan fingerprint density at radius 3 is 2.48 bits per heavy atom. The monoisotopic (exact) mass is 564 g/mol. The van der Waals surface area contributed by atoms with Crippen LogP contribution in [0.2, 0.25) is 0 Å². The molecule has 1 saturated carbocycles. The Kier molecular flexibility index (Phi) is 8.49. The molecule has 0 spiro atoms. The third-order valence-corrected chi connectivity index (χ3v) is 7.32. The summed E-state index contributed by atoms with van der Waals surface area (Å²) in [4.78, 5) is 10.5. The maximum Gasteiger partial charge on any atom is 0.573 e. The first-order valence-electron chi connectivity index (χ1n) is 12.8. The number of rotatable bonds is 8. The number of para-hydroxylation sites is 1. The van der Waals surface area contributed by atoms with Crippen molar-refractivity contribution in [3.63, 3.8) is 0 Å². The highest BCUT2D eigenvalue weighted by atomic mass is 32.2. The molecule has 5 rings (SSSR count). The molecule has 1 aliphatic carbocycles. The molecule has 0 radical (unpaired) electrons. The zero-order chi connectivity index (χ0) is 28.0. The summed E-state index contributed by atoms with van der Waals surface area (Å²) in [5.74, 6) is 1.60. The van der Waals surface area contributed by atoms with Crippen molar-refractivity contribution in [1.82, 2.24) is 0 Å². The van der Waals surface area contributed by atoms with Gasteiger partial charge in [0, 0.05) is 23.5 Å². The zero-order valence-corrected chi connectivity index (χ0v) is 22.3. The van der Waals surface area contributed by atoms with Gasteiger partial charge in [-0.15, -0.1) is 18.3 Å². The summed E-state index contributed by atoms with van der Waals surface area (Å²) < 4.78 is 40.6. The molecule has 2 fully saturated rings. The fourth-order valence-electron chi connectivity index (χ4n) is 4.19. The molecule has 2 N–H and O–H groups in total. The van der Waals surface area contributed by atoms with E-state index in [1.165, 1.54) is 54.7 Å². The van der Waals surface area contributed by atoms with Crippen LogP contribution in [0.1, 0.15) is 41.9 Å². The number of benzene rings is 3. The minimum Gasteiger partial charge on any atom is -0.406 e. The van der Waals surface area contributed by atoms with Crippen molar-refractivity contribution >= 4 is 46.7 Å². The van der Waals surface area contributed by atoms with Crippen LogP contribution >= 0.6 is 11.8 Å². The molecule has 3 aromatic rings. The van der Waals surface area contributed by atoms with E-state index in [0.29, 0.717) is 17.2 Å². The summed E-state index contributed by atoms with van der Waals surface area (Å²) in [5, 5.41) is 9.82. The molecule has 2 aliphatic rings. The van der Waals surface area contributed by atoms with Gasteiger partial charge in [0.1, 0.15) is 17.9 Å². The first-order valence-corrected chi connectivity index (χ1v) is 13.8. The highest BCUT2D eigenvalue weighted by Gasteiger charge is 2.31. The SMILES string of the molecule is NC(=NC=Nc1ccc(OC(F)(F)F)cc1)c1ccc(/C=N/N=C2\SCCCN2c2ccccc2C2CC2)cc1. The lowest BCUT2D eigenvalue weighted by Crippen LogP contribution is -2.34. The van der Waals surface area contributed by atoms with Crippen LogP contribution in [0.15, 0.2) is 93.0 Å². The van der Waals surface area contributed by atoms with Gasteiger partial charge in [0.15, 0.2) is 5.17 Å². The van der Waals surface area contributed by atoms with Crippen molar-refractivity contribution in [2.45, 2.75) is 31.5 Å². The van der Waals surface area contributed by atoms with Crippen LogP contribution in [-0.4, -0.2) is 42.2 Å². The van der Waals surface area contributed by atoms with Crippen molar-refractivity contribution < 1.29 is 17.9 Å². The van der Waals surface area contributed by atoms with Crippen molar-refractivity contribution in [3.8, 4) is 5.75 Å². The lowest BCUT2D eigenvalue weighted by atomic mass is 10.1. The van der Waals surface area contributed by atoms with Gasteiger partial charge < -0.3 is 15.4 Å². The van der Waals surface area contributed by atoms with Crippen molar-refractivity contribution in [2.75, 3.05) is 17.2 Å². The molecule has 206 valence electrons. The minimum absolute atomic E-state index is 0.244. The molecule has 40 heavy (non-hydrogen) atoms. The number of thioether (sulfide) groups is 1. The molecule has 1 heterocycles. The van der Waals surface area contributed by atoms with E-state index in [-0.39, 0.29) is 11.6 Å². The molecule has 3 aromatic carbocycles. The Bertz CT molecular complexity index is 1430. The van der Waals surface area contributed by atoms with Crippen LogP contribution in [-0.2, 0) is 0 Å². The van der Waals surface area contributed by atoms with Crippen molar-refractivity contribution in [1.29, 1.82) is 0 Å². The number of alkyl halides is 3. The Hall–Kier alpha value is -4.12. The topological polar surface area (TPSA) is 87.9 Å². The van der Waals surface area contributed by atoms with Crippen LogP contribution in [0, 0.1) is 0 Å². The Labute approximate surface area is 234 Å². The normalized spacial score (nSPS) is 17.7. The fraction of sp³-hybridized carbons (Fsp3) is 0.241. The van der Waals surface area contributed by atoms with E-state index in [4.69, 9.17) is 5.73 Å². The standard InChI is InChI=1S/C29H27F3N6OS/c30-29(31,32)39-24-14-12-23(13-15-24)34-19-35-27(33)22-8-6-20(7-9-22)18-36-37-28-38(16-3-17-40-28)26-5-2-1-4-25(26)21-10-11-21/h1-2,4-9,12-15,18-19,21H,3,10-11,16-17H2,(H2,33,34,35)/b36-18+,37-28-. The second-order valence-electron chi connectivity index (χ2n) is 9.24. The van der Waals surface area contributed by atoms with Gasteiger partial charge in [-0.25, -0.2) is 9.98 Å². The molecule has 1 saturated heterocycles. The van der Waals surface area contributed by atoms with Crippen LogP contribution in [0.5, 0.6) is 5.75 Å². The average molecular weight is 565 g/mol. The molecule has 0 unspecified atom stereocenters. The number of anilines is 1. The molecule has 0 atom stereocenters. The number of hydrogen-bond donors (Lipinski definition) is 1. The molecular formula is C29H27F3N6OS. The van der Waals surface area contributed by atoms with Gasteiger partial charge >= 0.3 is 6.36 Å². The predicted molar refractivity (Wildman–Crippen MR) is 156 cm³/mol. The third-order valence-electron chi connectivity index (χ3n) is 6.26. The maximum atomic E-state index is 12.3. The molecule has 7 nitrogen and oxygen atoms in total. The fourth-order valence-corrected chi connectivity index (χ4v) is 5.10. The second kappa shape index (κ2) is 12.4. The summed E-state index contributed by atoms with van der Waals surface area (Å²) in [7, 11) is 0. The lowest BCUT2D eigenvalue weighted by Gasteiger charge is -2.30. The van der Waals surface area contributed by atoms with Gasteiger partial charge in [0.05, 0.1) is 11.9 Å². The average Bonchev–Trinajstić information content (AvgIpc) is 3.80. The van der Waals surface area contributed by atoms with Gasteiger partial charge in [-0.3, -0.25) is 0 Å². The number of halogens is 3. The zero-order valence-electron chi connectivity index (χ0n) is 21.5. The largest absolute Gasteiger partial charge is 0.573 e. The van der Waals surface area contributed by atoms with Gasteiger partial charge in [-0.1, -0.05) is 54.2 Å². The molecule has 0 aromatic heterocycles. The molecule has 0 bridgehead atoms. The van der Waals surface area contributed by atoms with Crippen LogP contribution in [0.3, 0.4) is 0 Å². The second-order valence-corrected chi connectivity index (χ2v) is 10.3. The van der Waals surface area contributed by atoms with Crippen LogP contribution < -0.4 is 15.4 Å². The third kappa shape index (κ3) is 7.50. The highest BCUT2D eigenvalue weighted by Crippen LogP contribution is 2.45. The Balaban J connectivity index is 1.20. The van der Waals surface area contributed by atoms with E-state index in [9.17, 15) is 13.2 Å². The van der Waals surface area contributed by atoms with Gasteiger partial charge in [0.25, 0.3) is 0 Å². The number of nitrogens with zero attached hydrogens (tertiary/aromatic N) is 5. The van der Waals surface area contributed by atoms with E-state index < -0.39 is 6.36 Å². The number of hydrogen-bond acceptors (Lipinski definition) is 5. The number of nitrogens with two attached hydrogens (primary N) is 1. The van der Waals surface area contributed by atoms with E-state index in [1.54, 1.807) is 18.0 Å².